The Morgan fingerprint density at radius 2 is 1.21 bits per heavy atom. The summed E-state index contributed by atoms with van der Waals surface area (Å²) in [5.74, 6) is 0.0809. The molecule has 0 saturated heterocycles. The third-order valence-electron chi connectivity index (χ3n) is 5.30. The summed E-state index contributed by atoms with van der Waals surface area (Å²) in [6.45, 7) is 16.8. The number of hydrogen-bond donors (Lipinski definition) is 0. The fraction of sp³-hybridized carbons (Fsp3) is 0.133. The molecule has 0 atom stereocenters. The SMILES string of the molecule is C=C(C)C(=O)Cc1ccc(-c2cc(C(=C)C)cc(-c3ccc(OC(=O)C(=C)C)cc3)c2)cc1. The molecular weight excluding hydrogens is 408 g/mol. The van der Waals surface area contributed by atoms with Crippen LogP contribution in [0.3, 0.4) is 0 Å². The lowest BCUT2D eigenvalue weighted by atomic mass is 9.93. The van der Waals surface area contributed by atoms with E-state index in [1.54, 1.807) is 26.0 Å². The molecule has 3 heteroatoms. The summed E-state index contributed by atoms with van der Waals surface area (Å²) in [5, 5.41) is 0. The number of esters is 1. The van der Waals surface area contributed by atoms with Gasteiger partial charge >= 0.3 is 5.97 Å². The van der Waals surface area contributed by atoms with Crippen molar-refractivity contribution in [2.45, 2.75) is 27.2 Å². The Balaban J connectivity index is 1.92. The molecule has 0 bridgehead atoms. The van der Waals surface area contributed by atoms with E-state index in [-0.39, 0.29) is 5.78 Å². The summed E-state index contributed by atoms with van der Waals surface area (Å²) in [6.07, 6.45) is 0.356. The van der Waals surface area contributed by atoms with Crippen LogP contribution >= 0.6 is 0 Å². The number of benzene rings is 3. The van der Waals surface area contributed by atoms with Crippen LogP contribution in [0.15, 0.2) is 97.6 Å². The zero-order chi connectivity index (χ0) is 24.1. The number of carbonyl (C=O) groups excluding carboxylic acids is 2. The Hall–Kier alpha value is -3.98. The molecule has 3 rings (SSSR count). The Labute approximate surface area is 195 Å². The Morgan fingerprint density at radius 1 is 0.697 bits per heavy atom. The average Bonchev–Trinajstić information content (AvgIpc) is 2.79. The van der Waals surface area contributed by atoms with Gasteiger partial charge in [-0.05, 0) is 90.1 Å². The van der Waals surface area contributed by atoms with Crippen molar-refractivity contribution < 1.29 is 14.3 Å². The minimum absolute atomic E-state index is 0.0479. The standard InChI is InChI=1S/C30H28O3/c1-19(2)25-16-26(23-9-7-22(8-10-23)15-29(31)20(3)4)18-27(17-25)24-11-13-28(14-12-24)33-30(32)21(5)6/h7-14,16-18H,1,3,5,15H2,2,4,6H3. The van der Waals surface area contributed by atoms with Crippen molar-refractivity contribution in [1.82, 2.24) is 0 Å². The quantitative estimate of drug-likeness (QED) is 0.213. The lowest BCUT2D eigenvalue weighted by Crippen LogP contribution is -2.07. The van der Waals surface area contributed by atoms with E-state index in [2.05, 4.69) is 37.9 Å². The summed E-state index contributed by atoms with van der Waals surface area (Å²) in [6, 6.07) is 21.8. The molecule has 33 heavy (non-hydrogen) atoms. The number of allylic oxidation sites excluding steroid dienone is 2. The van der Waals surface area contributed by atoms with Gasteiger partial charge in [-0.25, -0.2) is 4.79 Å². The van der Waals surface area contributed by atoms with Gasteiger partial charge in [0.1, 0.15) is 5.75 Å². The molecule has 166 valence electrons. The van der Waals surface area contributed by atoms with E-state index >= 15 is 0 Å². The molecule has 3 aromatic rings. The Bertz CT molecular complexity index is 1150. The van der Waals surface area contributed by atoms with Gasteiger partial charge in [-0.2, -0.15) is 0 Å². The molecule has 0 aromatic heterocycles. The van der Waals surface area contributed by atoms with Crippen molar-refractivity contribution in [2.24, 2.45) is 0 Å². The van der Waals surface area contributed by atoms with Crippen molar-refractivity contribution in [1.29, 1.82) is 0 Å². The highest BCUT2D eigenvalue weighted by atomic mass is 16.5. The number of ketones is 1. The normalized spacial score (nSPS) is 10.4. The largest absolute Gasteiger partial charge is 0.423 e. The van der Waals surface area contributed by atoms with Crippen LogP contribution in [0.25, 0.3) is 27.8 Å². The molecule has 3 aromatic carbocycles. The van der Waals surface area contributed by atoms with E-state index < -0.39 is 5.97 Å². The summed E-state index contributed by atoms with van der Waals surface area (Å²) in [5.41, 5.74) is 8.03. The first-order valence-corrected chi connectivity index (χ1v) is 10.7. The van der Waals surface area contributed by atoms with Crippen molar-refractivity contribution >= 4 is 17.3 Å². The molecule has 0 radical (unpaired) electrons. The highest BCUT2D eigenvalue weighted by Crippen LogP contribution is 2.31. The van der Waals surface area contributed by atoms with Crippen LogP contribution in [0.5, 0.6) is 5.75 Å². The third kappa shape index (κ3) is 6.05. The number of hydrogen-bond acceptors (Lipinski definition) is 3. The zero-order valence-electron chi connectivity index (χ0n) is 19.4. The smallest absolute Gasteiger partial charge is 0.338 e. The van der Waals surface area contributed by atoms with Crippen LogP contribution in [0, 0.1) is 0 Å². The highest BCUT2D eigenvalue weighted by molar-refractivity contribution is 5.95. The second-order valence-electron chi connectivity index (χ2n) is 8.35. The molecule has 0 saturated carbocycles. The first-order chi connectivity index (χ1) is 15.6. The van der Waals surface area contributed by atoms with Crippen LogP contribution in [0.1, 0.15) is 31.9 Å². The maximum absolute atomic E-state index is 12.0. The van der Waals surface area contributed by atoms with E-state index in [9.17, 15) is 9.59 Å². The Kier molecular flexibility index (Phi) is 7.24. The molecule has 0 aliphatic heterocycles. The summed E-state index contributed by atoms with van der Waals surface area (Å²) in [7, 11) is 0. The van der Waals surface area contributed by atoms with Gasteiger partial charge in [-0.1, -0.05) is 61.7 Å². The summed E-state index contributed by atoms with van der Waals surface area (Å²) < 4.78 is 5.29. The van der Waals surface area contributed by atoms with Crippen LogP contribution in [-0.4, -0.2) is 11.8 Å². The first-order valence-electron chi connectivity index (χ1n) is 10.7. The molecule has 0 heterocycles. The average molecular weight is 437 g/mol. The van der Waals surface area contributed by atoms with Gasteiger partial charge in [0.15, 0.2) is 5.78 Å². The molecule has 0 aliphatic rings. The molecule has 0 aliphatic carbocycles. The van der Waals surface area contributed by atoms with Crippen molar-refractivity contribution in [3.05, 3.63) is 109 Å². The molecule has 0 N–H and O–H groups in total. The van der Waals surface area contributed by atoms with Crippen molar-refractivity contribution in [3.63, 3.8) is 0 Å². The molecule has 0 unspecified atom stereocenters. The van der Waals surface area contributed by atoms with E-state index in [1.165, 1.54) is 0 Å². The van der Waals surface area contributed by atoms with Crippen molar-refractivity contribution in [3.8, 4) is 28.0 Å². The van der Waals surface area contributed by atoms with Gasteiger partial charge in [0.25, 0.3) is 0 Å². The van der Waals surface area contributed by atoms with E-state index in [4.69, 9.17) is 4.74 Å². The second kappa shape index (κ2) is 10.1. The lowest BCUT2D eigenvalue weighted by Gasteiger charge is -2.12. The predicted octanol–water partition coefficient (Wildman–Crippen LogP) is 7.22. The second-order valence-corrected chi connectivity index (χ2v) is 8.35. The molecule has 3 nitrogen and oxygen atoms in total. The third-order valence-corrected chi connectivity index (χ3v) is 5.30. The fourth-order valence-electron chi connectivity index (χ4n) is 3.27. The topological polar surface area (TPSA) is 43.4 Å². The van der Waals surface area contributed by atoms with Gasteiger partial charge in [-0.15, -0.1) is 0 Å². The van der Waals surface area contributed by atoms with Gasteiger partial charge in [0, 0.05) is 12.0 Å². The lowest BCUT2D eigenvalue weighted by molar-refractivity contribution is -0.130. The van der Waals surface area contributed by atoms with Crippen LogP contribution in [0.4, 0.5) is 0 Å². The van der Waals surface area contributed by atoms with E-state index in [0.717, 1.165) is 39.0 Å². The monoisotopic (exact) mass is 436 g/mol. The number of rotatable bonds is 8. The van der Waals surface area contributed by atoms with Crippen LogP contribution < -0.4 is 4.74 Å². The van der Waals surface area contributed by atoms with E-state index in [0.29, 0.717) is 23.3 Å². The molecule has 0 amide bonds. The summed E-state index contributed by atoms with van der Waals surface area (Å²) in [4.78, 5) is 23.7. The number of ether oxygens (including phenoxy) is 1. The van der Waals surface area contributed by atoms with Gasteiger partial charge < -0.3 is 4.74 Å². The zero-order valence-corrected chi connectivity index (χ0v) is 19.4. The van der Waals surface area contributed by atoms with E-state index in [1.807, 2.05) is 43.3 Å². The molecular formula is C30H28O3. The van der Waals surface area contributed by atoms with Gasteiger partial charge in [0.05, 0.1) is 0 Å². The van der Waals surface area contributed by atoms with Crippen LogP contribution in [-0.2, 0) is 16.0 Å². The molecule has 0 fully saturated rings. The minimum Gasteiger partial charge on any atom is -0.423 e. The van der Waals surface area contributed by atoms with Gasteiger partial charge in [-0.3, -0.25) is 4.79 Å². The van der Waals surface area contributed by atoms with Crippen molar-refractivity contribution in [2.75, 3.05) is 0 Å². The summed E-state index contributed by atoms with van der Waals surface area (Å²) >= 11 is 0. The predicted molar refractivity (Wildman–Crippen MR) is 136 cm³/mol. The van der Waals surface area contributed by atoms with Gasteiger partial charge in [0.2, 0.25) is 0 Å². The van der Waals surface area contributed by atoms with Crippen LogP contribution in [0.2, 0.25) is 0 Å². The molecule has 0 spiro atoms. The first kappa shape index (κ1) is 23.7. The maximum atomic E-state index is 12.0. The number of Topliss-reactive ketones (excluding diaryl/α,β-unsaturated/α-hetero) is 1. The maximum Gasteiger partial charge on any atom is 0.338 e. The highest BCUT2D eigenvalue weighted by Gasteiger charge is 2.10. The number of carbonyl (C=O) groups is 2. The minimum atomic E-state index is -0.442. The Morgan fingerprint density at radius 3 is 1.67 bits per heavy atom. The fourth-order valence-corrected chi connectivity index (χ4v) is 3.27.